The van der Waals surface area contributed by atoms with E-state index in [0.717, 1.165) is 5.56 Å². The molecule has 0 saturated carbocycles. The molecule has 0 radical (unpaired) electrons. The number of carbonyl (C=O) groups excluding carboxylic acids is 2. The van der Waals surface area contributed by atoms with E-state index in [1.165, 1.54) is 0 Å². The van der Waals surface area contributed by atoms with E-state index in [1.807, 2.05) is 6.07 Å². The van der Waals surface area contributed by atoms with E-state index < -0.39 is 23.9 Å². The highest BCUT2D eigenvalue weighted by atomic mass is 16.3. The molecule has 0 aliphatic heterocycles. The molecule has 1 rings (SSSR count). The van der Waals surface area contributed by atoms with Crippen molar-refractivity contribution >= 4 is 11.8 Å². The number of hydrogen-bond donors (Lipinski definition) is 4. The first-order valence-corrected chi connectivity index (χ1v) is 5.54. The number of carbonyl (C=O) groups is 2. The number of hydrogen-bond acceptors (Lipinski definition) is 4. The van der Waals surface area contributed by atoms with Gasteiger partial charge in [0.25, 0.3) is 0 Å². The van der Waals surface area contributed by atoms with Crippen LogP contribution in [0.1, 0.15) is 18.0 Å². The molecule has 0 aromatic heterocycles. The second-order valence-corrected chi connectivity index (χ2v) is 3.93. The first kappa shape index (κ1) is 14.1. The third-order valence-electron chi connectivity index (χ3n) is 2.46. The summed E-state index contributed by atoms with van der Waals surface area (Å²) in [5, 5.41) is 11.8. The number of primary amides is 1. The molecule has 6 heteroatoms. The van der Waals surface area contributed by atoms with Gasteiger partial charge < -0.3 is 21.9 Å². The van der Waals surface area contributed by atoms with Crippen LogP contribution in [0.3, 0.4) is 0 Å². The molecule has 2 atom stereocenters. The van der Waals surface area contributed by atoms with Gasteiger partial charge in [0, 0.05) is 0 Å². The smallest absolute Gasteiger partial charge is 0.238 e. The fraction of sp³-hybridized carbons (Fsp3) is 0.333. The number of aliphatic hydroxyl groups is 1. The Morgan fingerprint density at radius 3 is 2.39 bits per heavy atom. The lowest BCUT2D eigenvalue weighted by Crippen LogP contribution is -2.45. The SMILES string of the molecule is NC(=O)CC(N)C(=O)NC(CO)c1ccccc1. The van der Waals surface area contributed by atoms with Crippen LogP contribution in [-0.2, 0) is 9.59 Å². The van der Waals surface area contributed by atoms with E-state index in [2.05, 4.69) is 5.32 Å². The summed E-state index contributed by atoms with van der Waals surface area (Å²) in [5.41, 5.74) is 11.2. The molecular weight excluding hydrogens is 234 g/mol. The number of aliphatic hydroxyl groups excluding tert-OH is 1. The predicted octanol–water partition coefficient (Wildman–Crippen LogP) is -0.961. The largest absolute Gasteiger partial charge is 0.394 e. The topological polar surface area (TPSA) is 118 Å². The Hall–Kier alpha value is -1.92. The number of nitrogens with one attached hydrogen (secondary N) is 1. The summed E-state index contributed by atoms with van der Waals surface area (Å²) >= 11 is 0. The predicted molar refractivity (Wildman–Crippen MR) is 66.2 cm³/mol. The van der Waals surface area contributed by atoms with Gasteiger partial charge in [-0.1, -0.05) is 30.3 Å². The minimum Gasteiger partial charge on any atom is -0.394 e. The van der Waals surface area contributed by atoms with Crippen LogP contribution in [0.15, 0.2) is 30.3 Å². The van der Waals surface area contributed by atoms with E-state index in [1.54, 1.807) is 24.3 Å². The maximum absolute atomic E-state index is 11.7. The molecular formula is C12H17N3O3. The van der Waals surface area contributed by atoms with Gasteiger partial charge in [0.2, 0.25) is 11.8 Å². The van der Waals surface area contributed by atoms with Gasteiger partial charge in [-0.15, -0.1) is 0 Å². The number of rotatable bonds is 6. The van der Waals surface area contributed by atoms with Crippen molar-refractivity contribution in [3.63, 3.8) is 0 Å². The lowest BCUT2D eigenvalue weighted by molar-refractivity contribution is -0.127. The van der Waals surface area contributed by atoms with Crippen molar-refractivity contribution in [2.45, 2.75) is 18.5 Å². The summed E-state index contributed by atoms with van der Waals surface area (Å²) in [6, 6.07) is 7.44. The Morgan fingerprint density at radius 1 is 1.28 bits per heavy atom. The minimum absolute atomic E-state index is 0.223. The summed E-state index contributed by atoms with van der Waals surface area (Å²) in [4.78, 5) is 22.3. The zero-order chi connectivity index (χ0) is 13.5. The van der Waals surface area contributed by atoms with Crippen molar-refractivity contribution in [2.24, 2.45) is 11.5 Å². The molecule has 18 heavy (non-hydrogen) atoms. The van der Waals surface area contributed by atoms with Crippen molar-refractivity contribution < 1.29 is 14.7 Å². The van der Waals surface area contributed by atoms with Crippen LogP contribution < -0.4 is 16.8 Å². The van der Waals surface area contributed by atoms with Crippen LogP contribution in [-0.4, -0.2) is 29.6 Å². The van der Waals surface area contributed by atoms with Crippen molar-refractivity contribution in [2.75, 3.05) is 6.61 Å². The molecule has 0 saturated heterocycles. The van der Waals surface area contributed by atoms with Gasteiger partial charge in [-0.3, -0.25) is 9.59 Å². The summed E-state index contributed by atoms with van der Waals surface area (Å²) in [7, 11) is 0. The van der Waals surface area contributed by atoms with Gasteiger partial charge in [-0.2, -0.15) is 0 Å². The third kappa shape index (κ3) is 4.15. The van der Waals surface area contributed by atoms with Crippen molar-refractivity contribution in [1.82, 2.24) is 5.32 Å². The van der Waals surface area contributed by atoms with E-state index in [-0.39, 0.29) is 13.0 Å². The molecule has 1 aromatic carbocycles. The summed E-state index contributed by atoms with van der Waals surface area (Å²) in [6.45, 7) is -0.251. The van der Waals surface area contributed by atoms with Crippen molar-refractivity contribution in [3.05, 3.63) is 35.9 Å². The molecule has 98 valence electrons. The highest BCUT2D eigenvalue weighted by molar-refractivity contribution is 5.87. The van der Waals surface area contributed by atoms with E-state index in [0.29, 0.717) is 0 Å². The number of amides is 2. The summed E-state index contributed by atoms with van der Waals surface area (Å²) in [6.07, 6.45) is -0.223. The minimum atomic E-state index is -1.000. The second kappa shape index (κ2) is 6.73. The highest BCUT2D eigenvalue weighted by Gasteiger charge is 2.20. The Bertz CT molecular complexity index is 408. The second-order valence-electron chi connectivity index (χ2n) is 3.93. The van der Waals surface area contributed by atoms with E-state index in [4.69, 9.17) is 11.5 Å². The van der Waals surface area contributed by atoms with Gasteiger partial charge in [-0.05, 0) is 5.56 Å². The molecule has 6 N–H and O–H groups in total. The van der Waals surface area contributed by atoms with Gasteiger partial charge in [0.1, 0.15) is 0 Å². The molecule has 0 fully saturated rings. The normalized spacial score (nSPS) is 13.7. The lowest BCUT2D eigenvalue weighted by Gasteiger charge is -2.19. The zero-order valence-electron chi connectivity index (χ0n) is 9.87. The van der Waals surface area contributed by atoms with E-state index >= 15 is 0 Å². The summed E-state index contributed by atoms with van der Waals surface area (Å²) < 4.78 is 0. The van der Waals surface area contributed by atoms with Crippen LogP contribution in [0.2, 0.25) is 0 Å². The molecule has 2 unspecified atom stereocenters. The maximum Gasteiger partial charge on any atom is 0.238 e. The van der Waals surface area contributed by atoms with Gasteiger partial charge in [-0.25, -0.2) is 0 Å². The van der Waals surface area contributed by atoms with Gasteiger partial charge in [0.05, 0.1) is 25.1 Å². The summed E-state index contributed by atoms with van der Waals surface area (Å²) in [5.74, 6) is -1.16. The molecule has 1 aromatic rings. The quantitative estimate of drug-likeness (QED) is 0.520. The average molecular weight is 251 g/mol. The highest BCUT2D eigenvalue weighted by Crippen LogP contribution is 2.11. The van der Waals surface area contributed by atoms with Gasteiger partial charge in [0.15, 0.2) is 0 Å². The first-order valence-electron chi connectivity index (χ1n) is 5.54. The van der Waals surface area contributed by atoms with Crippen LogP contribution >= 0.6 is 0 Å². The first-order chi connectivity index (χ1) is 8.54. The van der Waals surface area contributed by atoms with Crippen LogP contribution in [0.4, 0.5) is 0 Å². The lowest BCUT2D eigenvalue weighted by atomic mass is 10.1. The van der Waals surface area contributed by atoms with Crippen molar-refractivity contribution in [1.29, 1.82) is 0 Å². The number of benzene rings is 1. The Labute approximate surface area is 105 Å². The Morgan fingerprint density at radius 2 is 1.89 bits per heavy atom. The molecule has 0 aliphatic carbocycles. The molecule has 6 nitrogen and oxygen atoms in total. The third-order valence-corrected chi connectivity index (χ3v) is 2.46. The molecule has 0 spiro atoms. The Kier molecular flexibility index (Phi) is 5.29. The molecule has 0 aliphatic rings. The average Bonchev–Trinajstić information content (AvgIpc) is 2.35. The zero-order valence-corrected chi connectivity index (χ0v) is 9.87. The molecule has 2 amide bonds. The number of nitrogens with two attached hydrogens (primary N) is 2. The van der Waals surface area contributed by atoms with Gasteiger partial charge >= 0.3 is 0 Å². The fourth-order valence-corrected chi connectivity index (χ4v) is 1.51. The fourth-order valence-electron chi connectivity index (χ4n) is 1.51. The Balaban J connectivity index is 2.64. The molecule has 0 heterocycles. The standard InChI is InChI=1S/C12H17N3O3/c13-9(6-11(14)17)12(18)15-10(7-16)8-4-2-1-3-5-8/h1-5,9-10,16H,6-7,13H2,(H2,14,17)(H,15,18). The van der Waals surface area contributed by atoms with Crippen LogP contribution in [0.25, 0.3) is 0 Å². The van der Waals surface area contributed by atoms with E-state index in [9.17, 15) is 14.7 Å². The van der Waals surface area contributed by atoms with Crippen LogP contribution in [0, 0.1) is 0 Å². The molecule has 0 bridgehead atoms. The van der Waals surface area contributed by atoms with Crippen LogP contribution in [0.5, 0.6) is 0 Å². The monoisotopic (exact) mass is 251 g/mol. The maximum atomic E-state index is 11.7. The van der Waals surface area contributed by atoms with Crippen molar-refractivity contribution in [3.8, 4) is 0 Å².